The van der Waals surface area contributed by atoms with Crippen molar-refractivity contribution in [2.45, 2.75) is 13.8 Å². The number of aliphatic imine (C=N–C) groups is 1. The van der Waals surface area contributed by atoms with Crippen LogP contribution in [-0.2, 0) is 0 Å². The van der Waals surface area contributed by atoms with E-state index in [9.17, 15) is 0 Å². The van der Waals surface area contributed by atoms with E-state index in [4.69, 9.17) is 0 Å². The molecule has 54 valence electrons. The van der Waals surface area contributed by atoms with Crippen LogP contribution in [0.3, 0.4) is 0 Å². The van der Waals surface area contributed by atoms with Crippen LogP contribution >= 0.6 is 9.03 Å². The molecule has 0 radical (unpaired) electrons. The normalized spacial score (nSPS) is 9.11. The molecule has 0 saturated heterocycles. The van der Waals surface area contributed by atoms with Crippen molar-refractivity contribution in [3.05, 3.63) is 0 Å². The van der Waals surface area contributed by atoms with Crippen LogP contribution in [0.2, 0.25) is 0 Å². The summed E-state index contributed by atoms with van der Waals surface area (Å²) in [6.07, 6.45) is 0. The first kappa shape index (κ1) is 11.4. The second kappa shape index (κ2) is 10.5. The summed E-state index contributed by atoms with van der Waals surface area (Å²) in [5.41, 5.74) is 0. The van der Waals surface area contributed by atoms with E-state index < -0.39 is 0 Å². The molecule has 0 amide bonds. The Balaban J connectivity index is 0. The fourth-order valence-electron chi connectivity index (χ4n) is 0.218. The van der Waals surface area contributed by atoms with Gasteiger partial charge in [0.05, 0.1) is 0 Å². The van der Waals surface area contributed by atoms with Gasteiger partial charge in [0.2, 0.25) is 5.96 Å². The standard InChI is InChI=1S/C3H8N3P.C2H6/c1-4-3(5-2)6-7;1-2/h7H,1-2H3,(H,4,5);1-2H3. The summed E-state index contributed by atoms with van der Waals surface area (Å²) >= 11 is 0. The van der Waals surface area contributed by atoms with Crippen molar-refractivity contribution >= 4 is 15.0 Å². The minimum absolute atomic E-state index is 0.594. The number of hydrogen-bond donors (Lipinski definition) is 1. The molecule has 0 spiro atoms. The number of nitrogens with zero attached hydrogens (tertiary/aromatic N) is 2. The van der Waals surface area contributed by atoms with E-state index in [2.05, 4.69) is 24.1 Å². The van der Waals surface area contributed by atoms with Crippen molar-refractivity contribution in [2.24, 2.45) is 9.74 Å². The molecule has 0 heterocycles. The Morgan fingerprint density at radius 2 is 1.89 bits per heavy atom. The highest BCUT2D eigenvalue weighted by atomic mass is 31.0. The predicted molar refractivity (Wildman–Crippen MR) is 44.5 cm³/mol. The zero-order valence-electron chi connectivity index (χ0n) is 6.39. The van der Waals surface area contributed by atoms with Crippen molar-refractivity contribution in [1.82, 2.24) is 5.32 Å². The first-order chi connectivity index (χ1) is 4.35. The van der Waals surface area contributed by atoms with Crippen LogP contribution in [-0.4, -0.2) is 20.1 Å². The summed E-state index contributed by atoms with van der Waals surface area (Å²) < 4.78 is 3.57. The average molecular weight is 147 g/mol. The van der Waals surface area contributed by atoms with Crippen LogP contribution in [0, 0.1) is 0 Å². The summed E-state index contributed by atoms with van der Waals surface area (Å²) in [5, 5.41) is 2.74. The molecule has 0 aliphatic carbocycles. The quantitative estimate of drug-likeness (QED) is 0.315. The Hall–Kier alpha value is -0.430. The minimum Gasteiger partial charge on any atom is -0.357 e. The molecule has 0 atom stereocenters. The lowest BCUT2D eigenvalue weighted by Crippen LogP contribution is -2.13. The molecule has 0 saturated carbocycles. The zero-order valence-corrected chi connectivity index (χ0v) is 7.39. The molecule has 0 aromatic heterocycles. The third-order valence-electron chi connectivity index (χ3n) is 0.541. The van der Waals surface area contributed by atoms with E-state index in [0.29, 0.717) is 5.96 Å². The Morgan fingerprint density at radius 1 is 1.44 bits per heavy atom. The van der Waals surface area contributed by atoms with Gasteiger partial charge in [-0.05, 0) is 9.03 Å². The van der Waals surface area contributed by atoms with Crippen molar-refractivity contribution in [3.8, 4) is 0 Å². The molecule has 3 nitrogen and oxygen atoms in total. The predicted octanol–water partition coefficient (Wildman–Crippen LogP) is 1.54. The maximum atomic E-state index is 3.72. The average Bonchev–Trinajstić information content (AvgIpc) is 1.96. The van der Waals surface area contributed by atoms with Gasteiger partial charge < -0.3 is 5.32 Å². The Bertz CT molecular complexity index is 90.2. The molecule has 9 heavy (non-hydrogen) atoms. The van der Waals surface area contributed by atoms with E-state index in [1.165, 1.54) is 0 Å². The highest BCUT2D eigenvalue weighted by Crippen LogP contribution is 1.74. The van der Waals surface area contributed by atoms with E-state index in [1.54, 1.807) is 14.1 Å². The largest absolute Gasteiger partial charge is 0.357 e. The third-order valence-corrected chi connectivity index (χ3v) is 0.753. The van der Waals surface area contributed by atoms with Gasteiger partial charge in [-0.2, -0.15) is 0 Å². The summed E-state index contributed by atoms with van der Waals surface area (Å²) in [5.74, 6) is 0.594. The topological polar surface area (TPSA) is 36.8 Å². The monoisotopic (exact) mass is 147 g/mol. The molecule has 0 rings (SSSR count). The van der Waals surface area contributed by atoms with E-state index in [-0.39, 0.29) is 0 Å². The maximum Gasteiger partial charge on any atom is 0.220 e. The third kappa shape index (κ3) is 7.57. The Labute approximate surface area is 58.9 Å². The van der Waals surface area contributed by atoms with Crippen LogP contribution in [0.5, 0.6) is 0 Å². The molecule has 0 aromatic rings. The second-order valence-electron chi connectivity index (χ2n) is 0.909. The molecule has 0 aromatic carbocycles. The van der Waals surface area contributed by atoms with Crippen LogP contribution in [0.1, 0.15) is 13.8 Å². The van der Waals surface area contributed by atoms with Crippen LogP contribution in [0.15, 0.2) is 9.74 Å². The lowest BCUT2D eigenvalue weighted by molar-refractivity contribution is 1.13. The fourth-order valence-corrected chi connectivity index (χ4v) is 0.430. The van der Waals surface area contributed by atoms with Gasteiger partial charge in [-0.15, -0.1) is 0 Å². The van der Waals surface area contributed by atoms with Crippen molar-refractivity contribution in [3.63, 3.8) is 0 Å². The zero-order chi connectivity index (χ0) is 7.70. The number of guanidine groups is 1. The summed E-state index contributed by atoms with van der Waals surface area (Å²) in [7, 11) is 6.33. The molecular weight excluding hydrogens is 133 g/mol. The first-order valence-electron chi connectivity index (χ1n) is 2.87. The van der Waals surface area contributed by atoms with Gasteiger partial charge in [0.15, 0.2) is 0 Å². The molecule has 4 heteroatoms. The van der Waals surface area contributed by atoms with Crippen LogP contribution in [0.25, 0.3) is 0 Å². The highest BCUT2D eigenvalue weighted by Gasteiger charge is 1.79. The van der Waals surface area contributed by atoms with E-state index in [0.717, 1.165) is 0 Å². The molecule has 0 unspecified atom stereocenters. The van der Waals surface area contributed by atoms with Crippen molar-refractivity contribution in [1.29, 1.82) is 0 Å². The van der Waals surface area contributed by atoms with Gasteiger partial charge >= 0.3 is 0 Å². The lowest BCUT2D eigenvalue weighted by atomic mass is 11.0. The maximum absolute atomic E-state index is 3.72. The number of hydrogen-bond acceptors (Lipinski definition) is 1. The molecule has 0 bridgehead atoms. The van der Waals surface area contributed by atoms with Crippen molar-refractivity contribution < 1.29 is 0 Å². The second-order valence-corrected chi connectivity index (χ2v) is 1.13. The van der Waals surface area contributed by atoms with Gasteiger partial charge in [-0.3, -0.25) is 4.99 Å². The Morgan fingerprint density at radius 3 is 1.89 bits per heavy atom. The fraction of sp³-hybridized carbons (Fsp3) is 0.800. The molecule has 0 fully saturated rings. The van der Waals surface area contributed by atoms with Gasteiger partial charge in [-0.25, -0.2) is 4.74 Å². The number of rotatable bonds is 0. The Kier molecular flexibility index (Phi) is 13.3. The SMILES string of the molecule is CC.CN=C(N=P)NC. The highest BCUT2D eigenvalue weighted by molar-refractivity contribution is 7.04. The summed E-state index contributed by atoms with van der Waals surface area (Å²) in [6.45, 7) is 4.00. The summed E-state index contributed by atoms with van der Waals surface area (Å²) in [6, 6.07) is 0. The molecule has 1 N–H and O–H groups in total. The number of nitrogens with one attached hydrogen (secondary N) is 1. The van der Waals surface area contributed by atoms with E-state index in [1.807, 2.05) is 13.8 Å². The molecular formula is C5H14N3P. The smallest absolute Gasteiger partial charge is 0.220 e. The minimum atomic E-state index is 0.594. The van der Waals surface area contributed by atoms with E-state index >= 15 is 0 Å². The molecule has 0 aliphatic heterocycles. The van der Waals surface area contributed by atoms with Crippen LogP contribution < -0.4 is 5.32 Å². The van der Waals surface area contributed by atoms with Gasteiger partial charge in [0, 0.05) is 14.1 Å². The van der Waals surface area contributed by atoms with Gasteiger partial charge in [0.25, 0.3) is 0 Å². The van der Waals surface area contributed by atoms with Crippen molar-refractivity contribution in [2.75, 3.05) is 14.1 Å². The first-order valence-corrected chi connectivity index (χ1v) is 3.32. The van der Waals surface area contributed by atoms with Crippen LogP contribution in [0.4, 0.5) is 0 Å². The summed E-state index contributed by atoms with van der Waals surface area (Å²) in [4.78, 5) is 3.72. The van der Waals surface area contributed by atoms with Gasteiger partial charge in [0.1, 0.15) is 0 Å². The van der Waals surface area contributed by atoms with Gasteiger partial charge in [-0.1, -0.05) is 13.8 Å². The lowest BCUT2D eigenvalue weighted by Gasteiger charge is -1.90. The molecule has 0 aliphatic rings.